The topological polar surface area (TPSA) is 38.7 Å². The lowest BCUT2D eigenvalue weighted by Crippen LogP contribution is -2.31. The summed E-state index contributed by atoms with van der Waals surface area (Å²) in [6.45, 7) is 7.70. The minimum Gasteiger partial charge on any atom is -0.458 e. The number of aliphatic imine (C=N–C) groups is 1. The van der Waals surface area contributed by atoms with Gasteiger partial charge in [0.25, 0.3) is 0 Å². The van der Waals surface area contributed by atoms with Gasteiger partial charge in [-0.15, -0.1) is 0 Å². The Balaban J connectivity index is 2.44. The van der Waals surface area contributed by atoms with Gasteiger partial charge >= 0.3 is 5.97 Å². The van der Waals surface area contributed by atoms with Crippen molar-refractivity contribution in [1.29, 1.82) is 0 Å². The van der Waals surface area contributed by atoms with E-state index < -0.39 is 11.6 Å². The zero-order valence-corrected chi connectivity index (χ0v) is 15.5. The number of hydrogen-bond donors (Lipinski definition) is 0. The average Bonchev–Trinajstić information content (AvgIpc) is 2.58. The Labute approximate surface area is 150 Å². The molecule has 0 saturated heterocycles. The molecule has 2 aromatic carbocycles. The molecule has 3 heteroatoms. The van der Waals surface area contributed by atoms with Crippen LogP contribution in [0.15, 0.2) is 65.7 Å². The Hall–Kier alpha value is -2.42. The van der Waals surface area contributed by atoms with E-state index in [9.17, 15) is 4.79 Å². The highest BCUT2D eigenvalue weighted by Gasteiger charge is 2.25. The Kier molecular flexibility index (Phi) is 6.51. The molecule has 0 amide bonds. The number of carbonyl (C=O) groups is 1. The molecule has 0 heterocycles. The fraction of sp³-hybridized carbons (Fsp3) is 0.364. The quantitative estimate of drug-likeness (QED) is 0.547. The molecule has 0 aliphatic heterocycles. The van der Waals surface area contributed by atoms with Crippen molar-refractivity contribution >= 4 is 11.7 Å². The molecule has 1 atom stereocenters. The number of nitrogens with zero attached hydrogens (tertiary/aromatic N) is 1. The van der Waals surface area contributed by atoms with Crippen LogP contribution >= 0.6 is 0 Å². The largest absolute Gasteiger partial charge is 0.458 e. The molecule has 0 bridgehead atoms. The van der Waals surface area contributed by atoms with E-state index in [0.29, 0.717) is 6.42 Å². The van der Waals surface area contributed by atoms with Gasteiger partial charge < -0.3 is 4.74 Å². The second kappa shape index (κ2) is 8.61. The third kappa shape index (κ3) is 5.86. The van der Waals surface area contributed by atoms with E-state index in [2.05, 4.69) is 6.92 Å². The predicted octanol–water partition coefficient (Wildman–Crippen LogP) is 5.03. The van der Waals surface area contributed by atoms with Crippen LogP contribution in [0.2, 0.25) is 0 Å². The highest BCUT2D eigenvalue weighted by molar-refractivity contribution is 6.13. The van der Waals surface area contributed by atoms with Crippen LogP contribution in [0.3, 0.4) is 0 Å². The van der Waals surface area contributed by atoms with Crippen LogP contribution in [-0.4, -0.2) is 23.3 Å². The van der Waals surface area contributed by atoms with Crippen molar-refractivity contribution in [2.24, 2.45) is 4.99 Å². The van der Waals surface area contributed by atoms with Gasteiger partial charge in [0.15, 0.2) is 0 Å². The molecule has 0 fully saturated rings. The molecule has 0 N–H and O–H groups in total. The summed E-state index contributed by atoms with van der Waals surface area (Å²) in [5.74, 6) is -0.265. The van der Waals surface area contributed by atoms with Gasteiger partial charge in [0.2, 0.25) is 0 Å². The second-order valence-electron chi connectivity index (χ2n) is 7.05. The first-order chi connectivity index (χ1) is 11.9. The number of hydrogen-bond acceptors (Lipinski definition) is 3. The van der Waals surface area contributed by atoms with Crippen molar-refractivity contribution in [3.63, 3.8) is 0 Å². The zero-order chi connectivity index (χ0) is 18.3. The maximum Gasteiger partial charge on any atom is 0.331 e. The number of carbonyl (C=O) groups excluding carboxylic acids is 1. The average molecular weight is 337 g/mol. The lowest BCUT2D eigenvalue weighted by atomic mass is 10.0. The Morgan fingerprint density at radius 3 is 1.84 bits per heavy atom. The molecule has 0 saturated carbocycles. The Morgan fingerprint density at radius 2 is 1.44 bits per heavy atom. The van der Waals surface area contributed by atoms with Gasteiger partial charge in [0, 0.05) is 11.1 Å². The summed E-state index contributed by atoms with van der Waals surface area (Å²) in [5, 5.41) is 0. The summed E-state index contributed by atoms with van der Waals surface area (Å²) in [7, 11) is 0. The predicted molar refractivity (Wildman–Crippen MR) is 103 cm³/mol. The van der Waals surface area contributed by atoms with E-state index >= 15 is 0 Å². The van der Waals surface area contributed by atoms with Gasteiger partial charge in [-0.25, -0.2) is 4.79 Å². The first-order valence-corrected chi connectivity index (χ1v) is 8.82. The first kappa shape index (κ1) is 18.9. The van der Waals surface area contributed by atoms with E-state index in [0.717, 1.165) is 23.3 Å². The monoisotopic (exact) mass is 337 g/mol. The third-order valence-electron chi connectivity index (χ3n) is 3.62. The minimum absolute atomic E-state index is 0.265. The summed E-state index contributed by atoms with van der Waals surface area (Å²) >= 11 is 0. The molecule has 0 aliphatic carbocycles. The van der Waals surface area contributed by atoms with Crippen molar-refractivity contribution in [3.05, 3.63) is 71.8 Å². The maximum absolute atomic E-state index is 12.6. The molecule has 0 spiro atoms. The summed E-state index contributed by atoms with van der Waals surface area (Å²) in [4.78, 5) is 17.5. The maximum atomic E-state index is 12.6. The highest BCUT2D eigenvalue weighted by atomic mass is 16.6. The second-order valence-corrected chi connectivity index (χ2v) is 7.05. The van der Waals surface area contributed by atoms with E-state index in [1.165, 1.54) is 0 Å². The summed E-state index contributed by atoms with van der Waals surface area (Å²) in [5.41, 5.74) is 2.31. The standard InChI is InChI=1S/C22H27NO2/c1-5-12-19(21(24)25-22(2,3)4)23-20(17-13-8-6-9-14-17)18-15-10-7-11-16-18/h6-11,13-16,19H,5,12H2,1-4H3. The molecule has 0 aromatic heterocycles. The molecule has 25 heavy (non-hydrogen) atoms. The first-order valence-electron chi connectivity index (χ1n) is 8.82. The van der Waals surface area contributed by atoms with Gasteiger partial charge in [-0.3, -0.25) is 4.99 Å². The van der Waals surface area contributed by atoms with Gasteiger partial charge in [-0.2, -0.15) is 0 Å². The van der Waals surface area contributed by atoms with Gasteiger partial charge in [0.1, 0.15) is 11.6 Å². The molecular weight excluding hydrogens is 310 g/mol. The number of benzene rings is 2. The SMILES string of the molecule is CCCC(N=C(c1ccccc1)c1ccccc1)C(=O)OC(C)(C)C. The molecule has 3 nitrogen and oxygen atoms in total. The van der Waals surface area contributed by atoms with Crippen LogP contribution in [-0.2, 0) is 9.53 Å². The molecule has 1 unspecified atom stereocenters. The van der Waals surface area contributed by atoms with Crippen molar-refractivity contribution < 1.29 is 9.53 Å². The number of rotatable bonds is 6. The Morgan fingerprint density at radius 1 is 0.960 bits per heavy atom. The Bertz CT molecular complexity index is 658. The fourth-order valence-corrected chi connectivity index (χ4v) is 2.54. The van der Waals surface area contributed by atoms with Gasteiger partial charge in [0.05, 0.1) is 5.71 Å². The highest BCUT2D eigenvalue weighted by Crippen LogP contribution is 2.17. The van der Waals surface area contributed by atoms with Crippen LogP contribution in [0.4, 0.5) is 0 Å². The molecule has 0 radical (unpaired) electrons. The van der Waals surface area contributed by atoms with Crippen molar-refractivity contribution in [2.75, 3.05) is 0 Å². The van der Waals surface area contributed by atoms with E-state index in [1.807, 2.05) is 81.4 Å². The smallest absolute Gasteiger partial charge is 0.331 e. The van der Waals surface area contributed by atoms with Crippen LogP contribution < -0.4 is 0 Å². The van der Waals surface area contributed by atoms with Crippen LogP contribution in [0.25, 0.3) is 0 Å². The minimum atomic E-state index is -0.516. The summed E-state index contributed by atoms with van der Waals surface area (Å²) < 4.78 is 5.58. The molecular formula is C22H27NO2. The van der Waals surface area contributed by atoms with E-state index in [1.54, 1.807) is 0 Å². The van der Waals surface area contributed by atoms with E-state index in [-0.39, 0.29) is 5.97 Å². The lowest BCUT2D eigenvalue weighted by molar-refractivity contribution is -0.156. The lowest BCUT2D eigenvalue weighted by Gasteiger charge is -2.23. The van der Waals surface area contributed by atoms with E-state index in [4.69, 9.17) is 9.73 Å². The molecule has 0 aliphatic rings. The molecule has 2 aromatic rings. The van der Waals surface area contributed by atoms with Crippen LogP contribution in [0.5, 0.6) is 0 Å². The molecule has 132 valence electrons. The van der Waals surface area contributed by atoms with Crippen molar-refractivity contribution in [3.8, 4) is 0 Å². The normalized spacial score (nSPS) is 12.3. The van der Waals surface area contributed by atoms with Crippen molar-refractivity contribution in [1.82, 2.24) is 0 Å². The fourth-order valence-electron chi connectivity index (χ4n) is 2.54. The summed E-state index contributed by atoms with van der Waals surface area (Å²) in [6, 6.07) is 19.5. The zero-order valence-electron chi connectivity index (χ0n) is 15.5. The number of ether oxygens (including phenoxy) is 1. The third-order valence-corrected chi connectivity index (χ3v) is 3.62. The van der Waals surface area contributed by atoms with Crippen LogP contribution in [0, 0.1) is 0 Å². The van der Waals surface area contributed by atoms with Crippen LogP contribution in [0.1, 0.15) is 51.7 Å². The number of esters is 1. The van der Waals surface area contributed by atoms with Gasteiger partial charge in [-0.05, 0) is 27.2 Å². The molecule has 2 rings (SSSR count). The summed E-state index contributed by atoms with van der Waals surface area (Å²) in [6.07, 6.45) is 1.53. The van der Waals surface area contributed by atoms with Gasteiger partial charge in [-0.1, -0.05) is 74.0 Å². The van der Waals surface area contributed by atoms with Crippen molar-refractivity contribution in [2.45, 2.75) is 52.2 Å².